The normalized spacial score (nSPS) is 15.9. The predicted octanol–water partition coefficient (Wildman–Crippen LogP) is 12.6. The predicted molar refractivity (Wildman–Crippen MR) is 268 cm³/mol. The van der Waals surface area contributed by atoms with Gasteiger partial charge in [0, 0.05) is 6.42 Å². The van der Waals surface area contributed by atoms with Gasteiger partial charge in [-0.2, -0.15) is 0 Å². The van der Waals surface area contributed by atoms with Crippen LogP contribution in [0, 0.1) is 0 Å². The molecule has 0 aliphatic carbocycles. The standard InChI is InChI=1S/C53H87N2O7P/c1-6-8-10-12-14-16-18-20-21-22-23-24-25-26-27-28-29-30-31-32-33-34-36-38-40-42-44-46-52(57)54-50(49-62-63(59,60)61-48-47-55(3,4)5)53(58)51(56)45-43-41-39-37-35-19-17-15-13-11-9-7-2/h7-10,14-17,20-21,23-24,26-27,29-30,32-33,36-39,50-51,53,56,58H,6,11-13,18-19,22,25,28,31,34-35,40-49H2,1-5H3,(H-,54,57,59,60)/p+1/b9-7+,10-8-,16-14-,17-15+,21-20-,24-23-,27-26-,30-29-,33-32-,38-36-,39-37+. The first-order valence-corrected chi connectivity index (χ1v) is 25.1. The molecule has 356 valence electrons. The van der Waals surface area contributed by atoms with Gasteiger partial charge >= 0.3 is 7.82 Å². The SMILES string of the molecule is C/C=C/CC/C=C/CC/C=C/CCCC(O)C(O)C(COP(=O)(O)OCC[N+](C)(C)C)NC(=O)CCCC/C=C\C/C=C\C/C=C\C/C=C\C/C=C\C/C=C\C/C=C\C/C=C\CC. The second-order valence-electron chi connectivity index (χ2n) is 16.5. The van der Waals surface area contributed by atoms with Crippen molar-refractivity contribution in [1.29, 1.82) is 0 Å². The molecule has 0 radical (unpaired) electrons. The van der Waals surface area contributed by atoms with Crippen LogP contribution in [0.1, 0.15) is 136 Å². The molecule has 0 heterocycles. The summed E-state index contributed by atoms with van der Waals surface area (Å²) >= 11 is 0. The Morgan fingerprint density at radius 2 is 1.00 bits per heavy atom. The van der Waals surface area contributed by atoms with Gasteiger partial charge in [-0.1, -0.05) is 141 Å². The highest BCUT2D eigenvalue weighted by Gasteiger charge is 2.31. The van der Waals surface area contributed by atoms with E-state index in [9.17, 15) is 24.5 Å². The van der Waals surface area contributed by atoms with E-state index in [0.717, 1.165) is 96.3 Å². The van der Waals surface area contributed by atoms with E-state index in [1.165, 1.54) is 0 Å². The number of rotatable bonds is 40. The summed E-state index contributed by atoms with van der Waals surface area (Å²) in [5.41, 5.74) is 0. The molecule has 4 atom stereocenters. The molecule has 63 heavy (non-hydrogen) atoms. The molecule has 0 saturated heterocycles. The van der Waals surface area contributed by atoms with Crippen molar-refractivity contribution >= 4 is 13.7 Å². The molecule has 0 aliphatic heterocycles. The van der Waals surface area contributed by atoms with Gasteiger partial charge < -0.3 is 24.9 Å². The fourth-order valence-corrected chi connectivity index (χ4v) is 6.52. The second-order valence-corrected chi connectivity index (χ2v) is 18.0. The van der Waals surface area contributed by atoms with Crippen LogP contribution in [-0.4, -0.2) is 84.6 Å². The smallest absolute Gasteiger partial charge is 0.390 e. The number of phosphoric acid groups is 1. The van der Waals surface area contributed by atoms with Crippen LogP contribution >= 0.6 is 7.82 Å². The zero-order chi connectivity index (χ0) is 46.5. The average Bonchev–Trinajstić information content (AvgIpc) is 3.24. The Kier molecular flexibility index (Phi) is 40.2. The number of nitrogens with one attached hydrogen (secondary N) is 1. The van der Waals surface area contributed by atoms with Gasteiger partial charge in [-0.3, -0.25) is 13.8 Å². The number of aliphatic hydroxyl groups is 2. The number of allylic oxidation sites excluding steroid dienone is 22. The lowest BCUT2D eigenvalue weighted by molar-refractivity contribution is -0.870. The van der Waals surface area contributed by atoms with Crippen LogP contribution in [0.5, 0.6) is 0 Å². The van der Waals surface area contributed by atoms with E-state index in [1.54, 1.807) is 0 Å². The number of nitrogens with zero attached hydrogens (tertiary/aromatic N) is 1. The van der Waals surface area contributed by atoms with E-state index in [4.69, 9.17) is 9.05 Å². The monoisotopic (exact) mass is 896 g/mol. The molecule has 0 aromatic heterocycles. The largest absolute Gasteiger partial charge is 0.472 e. The van der Waals surface area contributed by atoms with E-state index >= 15 is 0 Å². The molecule has 0 fully saturated rings. The third-order valence-corrected chi connectivity index (χ3v) is 10.5. The fourth-order valence-electron chi connectivity index (χ4n) is 5.78. The van der Waals surface area contributed by atoms with E-state index in [0.29, 0.717) is 30.3 Å². The van der Waals surface area contributed by atoms with Crippen LogP contribution in [0.25, 0.3) is 0 Å². The summed E-state index contributed by atoms with van der Waals surface area (Å²) in [6.45, 7) is 4.17. The highest BCUT2D eigenvalue weighted by molar-refractivity contribution is 7.47. The van der Waals surface area contributed by atoms with Gasteiger partial charge in [0.2, 0.25) is 5.91 Å². The summed E-state index contributed by atoms with van der Waals surface area (Å²) in [7, 11) is 1.35. The summed E-state index contributed by atoms with van der Waals surface area (Å²) in [6.07, 6.45) is 61.1. The molecule has 10 heteroatoms. The average molecular weight is 896 g/mol. The Hall–Kier alpha value is -3.40. The van der Waals surface area contributed by atoms with Crippen molar-refractivity contribution in [3.63, 3.8) is 0 Å². The van der Waals surface area contributed by atoms with Crippen LogP contribution in [0.3, 0.4) is 0 Å². The lowest BCUT2D eigenvalue weighted by Gasteiger charge is -2.28. The molecular formula is C53H88N2O7P+. The quantitative estimate of drug-likeness (QED) is 0.0209. The number of amides is 1. The van der Waals surface area contributed by atoms with E-state index < -0.39 is 32.7 Å². The van der Waals surface area contributed by atoms with Gasteiger partial charge in [0.15, 0.2) is 0 Å². The van der Waals surface area contributed by atoms with Crippen molar-refractivity contribution < 1.29 is 38.0 Å². The lowest BCUT2D eigenvalue weighted by Crippen LogP contribution is -2.51. The number of unbranched alkanes of at least 4 members (excludes halogenated alkanes) is 5. The maximum absolute atomic E-state index is 12.9. The molecule has 0 rings (SSSR count). The summed E-state index contributed by atoms with van der Waals surface area (Å²) in [5, 5.41) is 24.6. The van der Waals surface area contributed by atoms with Crippen LogP contribution in [-0.2, 0) is 18.4 Å². The van der Waals surface area contributed by atoms with Gasteiger partial charge in [-0.15, -0.1) is 0 Å². The number of likely N-dealkylation sites (N-methyl/N-ethyl adjacent to an activating group) is 1. The topological polar surface area (TPSA) is 125 Å². The Morgan fingerprint density at radius 1 is 0.587 bits per heavy atom. The molecule has 0 spiro atoms. The minimum Gasteiger partial charge on any atom is -0.390 e. The highest BCUT2D eigenvalue weighted by atomic mass is 31.2. The van der Waals surface area contributed by atoms with Crippen LogP contribution in [0.4, 0.5) is 0 Å². The van der Waals surface area contributed by atoms with Gasteiger partial charge in [0.1, 0.15) is 19.3 Å². The lowest BCUT2D eigenvalue weighted by atomic mass is 10.0. The number of hydrogen-bond donors (Lipinski definition) is 4. The molecule has 0 aliphatic rings. The van der Waals surface area contributed by atoms with Gasteiger partial charge in [-0.25, -0.2) is 4.57 Å². The highest BCUT2D eigenvalue weighted by Crippen LogP contribution is 2.43. The third kappa shape index (κ3) is 43.6. The second kappa shape index (κ2) is 42.5. The zero-order valence-corrected chi connectivity index (χ0v) is 40.8. The summed E-state index contributed by atoms with van der Waals surface area (Å²) in [6, 6.07) is -1.09. The number of phosphoric ester groups is 1. The molecular weight excluding hydrogens is 808 g/mol. The Labute approximate surface area is 384 Å². The number of carbonyl (C=O) groups is 1. The molecule has 1 amide bonds. The Balaban J connectivity index is 4.55. The van der Waals surface area contributed by atoms with Crippen LogP contribution in [0.2, 0.25) is 0 Å². The van der Waals surface area contributed by atoms with Gasteiger partial charge in [0.25, 0.3) is 0 Å². The van der Waals surface area contributed by atoms with Crippen molar-refractivity contribution in [2.45, 2.75) is 154 Å². The minimum absolute atomic E-state index is 0.00506. The first-order valence-electron chi connectivity index (χ1n) is 23.6. The van der Waals surface area contributed by atoms with Gasteiger partial charge in [0.05, 0.1) is 39.9 Å². The first kappa shape index (κ1) is 59.6. The number of quaternary nitrogens is 1. The van der Waals surface area contributed by atoms with Gasteiger partial charge in [-0.05, 0) is 122 Å². The molecule has 4 unspecified atom stereocenters. The van der Waals surface area contributed by atoms with Crippen LogP contribution < -0.4 is 5.32 Å². The summed E-state index contributed by atoms with van der Waals surface area (Å²) in [4.78, 5) is 23.2. The zero-order valence-electron chi connectivity index (χ0n) is 39.9. The fraction of sp³-hybridized carbons (Fsp3) is 0.566. The van der Waals surface area contributed by atoms with Crippen LogP contribution in [0.15, 0.2) is 134 Å². The maximum Gasteiger partial charge on any atom is 0.472 e. The van der Waals surface area contributed by atoms with Crippen molar-refractivity contribution in [2.24, 2.45) is 0 Å². The molecule has 0 saturated carbocycles. The molecule has 0 aromatic rings. The number of hydrogen-bond acceptors (Lipinski definition) is 6. The maximum atomic E-state index is 12.9. The molecule has 0 aromatic carbocycles. The van der Waals surface area contributed by atoms with Crippen molar-refractivity contribution in [3.8, 4) is 0 Å². The van der Waals surface area contributed by atoms with Crippen molar-refractivity contribution in [2.75, 3.05) is 40.9 Å². The van der Waals surface area contributed by atoms with E-state index in [1.807, 2.05) is 28.1 Å². The third-order valence-electron chi connectivity index (χ3n) is 9.53. The van der Waals surface area contributed by atoms with E-state index in [2.05, 4.69) is 146 Å². The number of aliphatic hydroxyl groups excluding tert-OH is 2. The van der Waals surface area contributed by atoms with E-state index in [-0.39, 0.29) is 18.9 Å². The Bertz CT molecular complexity index is 1500. The Morgan fingerprint density at radius 3 is 1.46 bits per heavy atom. The first-order chi connectivity index (χ1) is 30.4. The summed E-state index contributed by atoms with van der Waals surface area (Å²) < 4.78 is 23.5. The minimum atomic E-state index is -4.45. The van der Waals surface area contributed by atoms with Crippen molar-refractivity contribution in [1.82, 2.24) is 5.32 Å². The summed E-state index contributed by atoms with van der Waals surface area (Å²) in [5.74, 6) is -0.325. The number of carbonyl (C=O) groups excluding carboxylic acids is 1. The molecule has 4 N–H and O–H groups in total. The molecule has 0 bridgehead atoms. The van der Waals surface area contributed by atoms with Crippen molar-refractivity contribution in [3.05, 3.63) is 134 Å². The molecule has 9 nitrogen and oxygen atoms in total.